The van der Waals surface area contributed by atoms with Crippen LogP contribution in [0.1, 0.15) is 0 Å². The lowest BCUT2D eigenvalue weighted by Crippen LogP contribution is -2.37. The molecule has 27 heavy (non-hydrogen) atoms. The zero-order valence-electron chi connectivity index (χ0n) is 15.0. The Balaban J connectivity index is 1.77. The average Bonchev–Trinajstić information content (AvgIpc) is 3.10. The number of sulfone groups is 1. The van der Waals surface area contributed by atoms with E-state index in [9.17, 15) is 13.2 Å². The van der Waals surface area contributed by atoms with Crippen molar-refractivity contribution in [2.24, 2.45) is 0 Å². The largest absolute Gasteiger partial charge is 0.497 e. The van der Waals surface area contributed by atoms with Crippen LogP contribution in [0.15, 0.2) is 48.5 Å². The number of carbonyl (C=O) groups excluding carboxylic acids is 1. The van der Waals surface area contributed by atoms with E-state index in [2.05, 4.69) is 0 Å². The van der Waals surface area contributed by atoms with Gasteiger partial charge in [-0.25, -0.2) is 13.2 Å². The van der Waals surface area contributed by atoms with E-state index >= 15 is 0 Å². The van der Waals surface area contributed by atoms with Crippen molar-refractivity contribution in [3.63, 3.8) is 0 Å². The van der Waals surface area contributed by atoms with E-state index in [-0.39, 0.29) is 17.5 Å². The van der Waals surface area contributed by atoms with Crippen LogP contribution in [-0.4, -0.2) is 52.3 Å². The number of nitrogens with zero attached hydrogens (tertiary/aromatic N) is 2. The van der Waals surface area contributed by atoms with Crippen molar-refractivity contribution in [2.45, 2.75) is 12.1 Å². The molecular formula is C19H20N2O5S. The molecule has 0 spiro atoms. The number of fused-ring (bicyclic) bond motifs is 1. The lowest BCUT2D eigenvalue weighted by atomic mass is 10.1. The van der Waals surface area contributed by atoms with Crippen LogP contribution in [0.25, 0.3) is 0 Å². The molecule has 0 saturated carbocycles. The summed E-state index contributed by atoms with van der Waals surface area (Å²) in [6.07, 6.45) is 0. The van der Waals surface area contributed by atoms with Crippen LogP contribution in [0.3, 0.4) is 0 Å². The molecule has 0 aliphatic carbocycles. The zero-order valence-corrected chi connectivity index (χ0v) is 15.8. The highest BCUT2D eigenvalue weighted by molar-refractivity contribution is 7.91. The topological polar surface area (TPSA) is 76.2 Å². The molecule has 2 aliphatic heterocycles. The minimum Gasteiger partial charge on any atom is -0.497 e. The minimum absolute atomic E-state index is 0.0457. The van der Waals surface area contributed by atoms with Gasteiger partial charge >= 0.3 is 6.03 Å². The van der Waals surface area contributed by atoms with E-state index in [1.54, 1.807) is 72.6 Å². The highest BCUT2D eigenvalue weighted by atomic mass is 32.2. The van der Waals surface area contributed by atoms with Gasteiger partial charge in [0.15, 0.2) is 9.84 Å². The van der Waals surface area contributed by atoms with Crippen molar-refractivity contribution in [2.75, 3.05) is 35.5 Å². The molecule has 4 rings (SSSR count). The molecule has 2 heterocycles. The summed E-state index contributed by atoms with van der Waals surface area (Å²) >= 11 is 0. The number of methoxy groups -OCH3 is 2. The van der Waals surface area contributed by atoms with Crippen LogP contribution < -0.4 is 19.3 Å². The van der Waals surface area contributed by atoms with Gasteiger partial charge in [-0.2, -0.15) is 0 Å². The first-order chi connectivity index (χ1) is 12.9. The first-order valence-electron chi connectivity index (χ1n) is 8.54. The molecule has 2 fully saturated rings. The summed E-state index contributed by atoms with van der Waals surface area (Å²) in [5, 5.41) is 0. The highest BCUT2D eigenvalue weighted by Gasteiger charge is 2.54. The maximum absolute atomic E-state index is 13.3. The smallest absolute Gasteiger partial charge is 0.329 e. The quantitative estimate of drug-likeness (QED) is 0.752. The Kier molecular flexibility index (Phi) is 4.22. The van der Waals surface area contributed by atoms with Crippen LogP contribution in [0.2, 0.25) is 0 Å². The minimum atomic E-state index is -3.23. The molecular weight excluding hydrogens is 368 g/mol. The average molecular weight is 388 g/mol. The summed E-state index contributed by atoms with van der Waals surface area (Å²) in [6.45, 7) is 0. The van der Waals surface area contributed by atoms with E-state index in [0.29, 0.717) is 22.9 Å². The normalized spacial score (nSPS) is 23.4. The zero-order chi connectivity index (χ0) is 19.2. The monoisotopic (exact) mass is 388 g/mol. The van der Waals surface area contributed by atoms with Gasteiger partial charge in [0.2, 0.25) is 0 Å². The third-order valence-corrected chi connectivity index (χ3v) is 6.75. The lowest BCUT2D eigenvalue weighted by Gasteiger charge is -2.23. The standard InChI is InChI=1S/C19H20N2O5S/c1-25-15-8-6-13(7-9-15)20-17-11-27(23,24)12-18(17)21(19(20)22)14-4-3-5-16(10-14)26-2/h3-10,17-18H,11-12H2,1-2H3/t17-,18-/m1/s1. The first kappa shape index (κ1) is 17.7. The highest BCUT2D eigenvalue weighted by Crippen LogP contribution is 2.39. The number of ether oxygens (including phenoxy) is 2. The van der Waals surface area contributed by atoms with Gasteiger partial charge in [-0.1, -0.05) is 6.07 Å². The number of amides is 2. The molecule has 2 atom stereocenters. The van der Waals surface area contributed by atoms with Crippen LogP contribution in [0.5, 0.6) is 11.5 Å². The first-order valence-corrected chi connectivity index (χ1v) is 10.4. The van der Waals surface area contributed by atoms with Gasteiger partial charge in [0.05, 0.1) is 37.8 Å². The molecule has 2 aliphatic rings. The third kappa shape index (κ3) is 2.99. The van der Waals surface area contributed by atoms with Crippen molar-refractivity contribution in [1.82, 2.24) is 0 Å². The SMILES string of the molecule is COc1ccc(N2C(=O)N(c3cccc(OC)c3)[C@@H]3CS(=O)(=O)C[C@H]32)cc1. The molecule has 0 bridgehead atoms. The van der Waals surface area contributed by atoms with Gasteiger partial charge in [-0.05, 0) is 36.4 Å². The fourth-order valence-corrected chi connectivity index (χ4v) is 5.73. The number of hydrogen-bond acceptors (Lipinski definition) is 5. The van der Waals surface area contributed by atoms with Gasteiger partial charge in [0.1, 0.15) is 11.5 Å². The van der Waals surface area contributed by atoms with Crippen LogP contribution in [0, 0.1) is 0 Å². The fraction of sp³-hybridized carbons (Fsp3) is 0.316. The van der Waals surface area contributed by atoms with E-state index in [1.165, 1.54) is 0 Å². The maximum atomic E-state index is 13.3. The van der Waals surface area contributed by atoms with Gasteiger partial charge < -0.3 is 9.47 Å². The van der Waals surface area contributed by atoms with Crippen LogP contribution >= 0.6 is 0 Å². The number of hydrogen-bond donors (Lipinski definition) is 0. The molecule has 2 aromatic rings. The van der Waals surface area contributed by atoms with Crippen molar-refractivity contribution in [3.05, 3.63) is 48.5 Å². The van der Waals surface area contributed by atoms with Gasteiger partial charge in [0.25, 0.3) is 0 Å². The van der Waals surface area contributed by atoms with E-state index in [0.717, 1.165) is 0 Å². The van der Waals surface area contributed by atoms with Gasteiger partial charge in [0, 0.05) is 17.4 Å². The fourth-order valence-electron chi connectivity index (χ4n) is 3.81. The summed E-state index contributed by atoms with van der Waals surface area (Å²) in [5.74, 6) is 1.19. The lowest BCUT2D eigenvalue weighted by molar-refractivity contribution is 0.255. The summed E-state index contributed by atoms with van der Waals surface area (Å²) in [6, 6.07) is 13.1. The summed E-state index contributed by atoms with van der Waals surface area (Å²) in [7, 11) is -0.108. The second-order valence-electron chi connectivity index (χ2n) is 6.63. The molecule has 0 unspecified atom stereocenters. The van der Waals surface area contributed by atoms with Gasteiger partial charge in [-0.15, -0.1) is 0 Å². The molecule has 7 nitrogen and oxygen atoms in total. The predicted octanol–water partition coefficient (Wildman–Crippen LogP) is 2.32. The molecule has 0 aromatic heterocycles. The van der Waals surface area contributed by atoms with Crippen LogP contribution in [-0.2, 0) is 9.84 Å². The second kappa shape index (κ2) is 6.45. The Morgan fingerprint density at radius 2 is 1.44 bits per heavy atom. The van der Waals surface area contributed by atoms with E-state index in [1.807, 2.05) is 0 Å². The molecule has 0 radical (unpaired) electrons. The van der Waals surface area contributed by atoms with Crippen molar-refractivity contribution in [1.29, 1.82) is 0 Å². The Morgan fingerprint density at radius 3 is 2.04 bits per heavy atom. The number of anilines is 2. The molecule has 8 heteroatoms. The van der Waals surface area contributed by atoms with E-state index < -0.39 is 21.9 Å². The Labute approximate surface area is 158 Å². The molecule has 142 valence electrons. The predicted molar refractivity (Wildman–Crippen MR) is 103 cm³/mol. The number of carbonyl (C=O) groups is 1. The number of benzene rings is 2. The Hall–Kier alpha value is -2.74. The Bertz CT molecular complexity index is 974. The molecule has 2 amide bonds. The van der Waals surface area contributed by atoms with Crippen molar-refractivity contribution < 1.29 is 22.7 Å². The maximum Gasteiger partial charge on any atom is 0.329 e. The van der Waals surface area contributed by atoms with E-state index in [4.69, 9.17) is 9.47 Å². The summed E-state index contributed by atoms with van der Waals surface area (Å²) in [5.41, 5.74) is 1.28. The number of rotatable bonds is 4. The summed E-state index contributed by atoms with van der Waals surface area (Å²) in [4.78, 5) is 16.4. The molecule has 2 aromatic carbocycles. The molecule has 0 N–H and O–H groups in total. The third-order valence-electron chi connectivity index (χ3n) is 5.05. The Morgan fingerprint density at radius 1 is 0.852 bits per heavy atom. The van der Waals surface area contributed by atoms with Crippen molar-refractivity contribution >= 4 is 27.2 Å². The van der Waals surface area contributed by atoms with Crippen molar-refractivity contribution in [3.8, 4) is 11.5 Å². The van der Waals surface area contributed by atoms with Crippen LogP contribution in [0.4, 0.5) is 16.2 Å². The van der Waals surface area contributed by atoms with Gasteiger partial charge in [-0.3, -0.25) is 9.80 Å². The second-order valence-corrected chi connectivity index (χ2v) is 8.79. The number of urea groups is 1. The molecule has 2 saturated heterocycles. The summed E-state index contributed by atoms with van der Waals surface area (Å²) < 4.78 is 35.1.